The molecule has 0 aromatic heterocycles. The van der Waals surface area contributed by atoms with Gasteiger partial charge in [-0.05, 0) is 12.1 Å². The first-order valence-electron chi connectivity index (χ1n) is 11.8. The molecule has 1 aromatic carbocycles. The average Bonchev–Trinajstić information content (AvgIpc) is 2.72. The lowest BCUT2D eigenvalue weighted by atomic mass is 10.0. The molecule has 8 heterocycles. The predicted octanol–water partition coefficient (Wildman–Crippen LogP) is -6.27. The van der Waals surface area contributed by atoms with Gasteiger partial charge in [0.2, 0.25) is 0 Å². The van der Waals surface area contributed by atoms with Crippen molar-refractivity contribution < 1.29 is 43.3 Å². The van der Waals surface area contributed by atoms with E-state index in [1.807, 2.05) is 14.2 Å². The van der Waals surface area contributed by atoms with Crippen LogP contribution in [0.2, 0.25) is 0 Å². The quantitative estimate of drug-likeness (QED) is 0.347. The minimum Gasteiger partial charge on any atom is -1.00 e. The van der Waals surface area contributed by atoms with Gasteiger partial charge >= 0.3 is 0 Å². The van der Waals surface area contributed by atoms with Crippen molar-refractivity contribution in [3.8, 4) is 11.5 Å². The van der Waals surface area contributed by atoms with E-state index in [0.29, 0.717) is 0 Å². The first-order chi connectivity index (χ1) is 15.5. The number of nitrogens with zero attached hydrogens (tertiary/aromatic N) is 8. The normalized spacial score (nSPS) is 42.8. The molecule has 8 fully saturated rings. The lowest BCUT2D eigenvalue weighted by molar-refractivity contribution is -0.991. The standard InChI is InChI=1S/C22H36N8O2.2ClH/c1-31-21-3-20(6-30-16-26-10-27(17-30)12-28(11-26)18-30)22(32-2)4-19(21)5-29-13-23-7-24(14-29)9-25(8-23)15-29;;/h3-4H,5-18H2,1-2H3;2*1H/q+2;;/p-2. The molecule has 0 unspecified atom stereocenters. The minimum absolute atomic E-state index is 0. The van der Waals surface area contributed by atoms with E-state index in [4.69, 9.17) is 9.47 Å². The van der Waals surface area contributed by atoms with Gasteiger partial charge in [-0.25, -0.2) is 29.4 Å². The van der Waals surface area contributed by atoms with E-state index < -0.39 is 0 Å². The smallest absolute Gasteiger partial charge is 0.139 e. The molecule has 10 nitrogen and oxygen atoms in total. The summed E-state index contributed by atoms with van der Waals surface area (Å²) < 4.78 is 14.1. The second-order valence-corrected chi connectivity index (χ2v) is 11.2. The number of quaternary nitrogens is 2. The van der Waals surface area contributed by atoms with Crippen LogP contribution in [0.1, 0.15) is 11.1 Å². The van der Waals surface area contributed by atoms with E-state index in [1.165, 1.54) is 11.1 Å². The van der Waals surface area contributed by atoms with Crippen molar-refractivity contribution >= 4 is 0 Å². The molecule has 0 spiro atoms. The monoisotopic (exact) mass is 514 g/mol. The fourth-order valence-electron chi connectivity index (χ4n) is 7.61. The maximum absolute atomic E-state index is 5.98. The molecule has 8 bridgehead atoms. The van der Waals surface area contributed by atoms with Crippen molar-refractivity contribution in [3.05, 3.63) is 23.3 Å². The Balaban J connectivity index is 0.00000120. The highest BCUT2D eigenvalue weighted by Crippen LogP contribution is 2.38. The molecule has 0 saturated carbocycles. The maximum atomic E-state index is 5.98. The van der Waals surface area contributed by atoms with Crippen LogP contribution in [0.15, 0.2) is 12.1 Å². The lowest BCUT2D eigenvalue weighted by Crippen LogP contribution is -3.00. The third kappa shape index (κ3) is 4.07. The Labute approximate surface area is 214 Å². The summed E-state index contributed by atoms with van der Waals surface area (Å²) >= 11 is 0. The zero-order valence-electron chi connectivity index (χ0n) is 20.2. The summed E-state index contributed by atoms with van der Waals surface area (Å²) in [5.41, 5.74) is 2.54. The molecule has 0 atom stereocenters. The van der Waals surface area contributed by atoms with Crippen LogP contribution < -0.4 is 34.3 Å². The second-order valence-electron chi connectivity index (χ2n) is 11.2. The topological polar surface area (TPSA) is 37.9 Å². The Kier molecular flexibility index (Phi) is 6.47. The zero-order chi connectivity index (χ0) is 21.5. The van der Waals surface area contributed by atoms with Crippen LogP contribution in [0.3, 0.4) is 0 Å². The van der Waals surface area contributed by atoms with Crippen molar-refractivity contribution in [1.29, 1.82) is 0 Å². The lowest BCUT2D eigenvalue weighted by Gasteiger charge is -2.61. The summed E-state index contributed by atoms with van der Waals surface area (Å²) in [6, 6.07) is 4.55. The number of methoxy groups -OCH3 is 2. The van der Waals surface area contributed by atoms with Gasteiger partial charge in [0.1, 0.15) is 64.6 Å². The van der Waals surface area contributed by atoms with Gasteiger partial charge < -0.3 is 34.3 Å². The first-order valence-corrected chi connectivity index (χ1v) is 11.8. The Morgan fingerprint density at radius 2 is 0.824 bits per heavy atom. The maximum Gasteiger partial charge on any atom is 0.139 e. The number of benzene rings is 1. The SMILES string of the molecule is COc1cc(C[N+]23CN4CN(CN(C4)C2)C3)c(OC)cc1C[N+]12CN3CN(CN(C3)C1)C2.[Cl-].[Cl-]. The highest BCUT2D eigenvalue weighted by atomic mass is 35.5. The van der Waals surface area contributed by atoms with Gasteiger partial charge in [0.25, 0.3) is 0 Å². The van der Waals surface area contributed by atoms with E-state index in [9.17, 15) is 0 Å². The molecular formula is C22H36Cl2N8O2. The molecule has 8 saturated heterocycles. The van der Waals surface area contributed by atoms with E-state index in [0.717, 1.165) is 114 Å². The highest BCUT2D eigenvalue weighted by molar-refractivity contribution is 5.46. The molecule has 0 aliphatic carbocycles. The van der Waals surface area contributed by atoms with Gasteiger partial charge in [0.05, 0.1) is 65.4 Å². The van der Waals surface area contributed by atoms with Crippen LogP contribution >= 0.6 is 0 Å². The van der Waals surface area contributed by atoms with Gasteiger partial charge in [-0.2, -0.15) is 0 Å². The zero-order valence-corrected chi connectivity index (χ0v) is 21.7. The van der Waals surface area contributed by atoms with E-state index in [2.05, 4.69) is 41.5 Å². The fourth-order valence-corrected chi connectivity index (χ4v) is 7.61. The van der Waals surface area contributed by atoms with Gasteiger partial charge in [-0.3, -0.25) is 8.97 Å². The summed E-state index contributed by atoms with van der Waals surface area (Å²) in [6.07, 6.45) is 0. The summed E-state index contributed by atoms with van der Waals surface area (Å²) in [6.45, 7) is 15.4. The van der Waals surface area contributed by atoms with E-state index >= 15 is 0 Å². The molecule has 0 radical (unpaired) electrons. The minimum atomic E-state index is 0. The van der Waals surface area contributed by atoms with Crippen molar-refractivity contribution in [2.24, 2.45) is 0 Å². The molecule has 12 heteroatoms. The van der Waals surface area contributed by atoms with Gasteiger partial charge in [0.15, 0.2) is 0 Å². The van der Waals surface area contributed by atoms with E-state index in [1.54, 1.807) is 0 Å². The molecule has 0 N–H and O–H groups in total. The Hall–Kier alpha value is -0.920. The van der Waals surface area contributed by atoms with Crippen LogP contribution in [0.25, 0.3) is 0 Å². The van der Waals surface area contributed by atoms with Crippen LogP contribution in [0.5, 0.6) is 11.5 Å². The van der Waals surface area contributed by atoms with Crippen molar-refractivity contribution in [2.45, 2.75) is 13.1 Å². The summed E-state index contributed by atoms with van der Waals surface area (Å²) in [4.78, 5) is 15.4. The molecule has 0 amide bonds. The number of halogens is 2. The Morgan fingerprint density at radius 3 is 1.06 bits per heavy atom. The Morgan fingerprint density at radius 1 is 0.559 bits per heavy atom. The molecule has 190 valence electrons. The van der Waals surface area contributed by atoms with Crippen LogP contribution in [-0.4, -0.2) is 133 Å². The number of hydrogen-bond donors (Lipinski definition) is 0. The Bertz CT molecular complexity index is 790. The van der Waals surface area contributed by atoms with Crippen LogP contribution in [0, 0.1) is 0 Å². The molecule has 8 aliphatic rings. The molecular weight excluding hydrogens is 479 g/mol. The number of ether oxygens (including phenoxy) is 2. The molecule has 8 aliphatic heterocycles. The highest BCUT2D eigenvalue weighted by Gasteiger charge is 2.50. The van der Waals surface area contributed by atoms with Gasteiger partial charge in [0, 0.05) is 0 Å². The van der Waals surface area contributed by atoms with Gasteiger partial charge in [-0.1, -0.05) is 0 Å². The third-order valence-electron chi connectivity index (χ3n) is 8.09. The second kappa shape index (κ2) is 8.88. The molecule has 1 aromatic rings. The average molecular weight is 515 g/mol. The molecule has 9 rings (SSSR count). The van der Waals surface area contributed by atoms with Crippen molar-refractivity contribution in [1.82, 2.24) is 29.4 Å². The third-order valence-corrected chi connectivity index (χ3v) is 8.09. The molecule has 34 heavy (non-hydrogen) atoms. The van der Waals surface area contributed by atoms with Crippen molar-refractivity contribution in [2.75, 3.05) is 94.2 Å². The van der Waals surface area contributed by atoms with E-state index in [-0.39, 0.29) is 24.8 Å². The summed E-state index contributed by atoms with van der Waals surface area (Å²) in [7, 11) is 3.64. The van der Waals surface area contributed by atoms with Crippen LogP contribution in [0.4, 0.5) is 0 Å². The van der Waals surface area contributed by atoms with Crippen LogP contribution in [-0.2, 0) is 13.1 Å². The number of rotatable bonds is 6. The summed E-state index contributed by atoms with van der Waals surface area (Å²) in [5, 5.41) is 0. The van der Waals surface area contributed by atoms with Gasteiger partial charge in [-0.15, -0.1) is 0 Å². The first kappa shape index (κ1) is 24.8. The fraction of sp³-hybridized carbons (Fsp3) is 0.727. The number of hydrogen-bond acceptors (Lipinski definition) is 8. The predicted molar refractivity (Wildman–Crippen MR) is 117 cm³/mol. The largest absolute Gasteiger partial charge is 1.00 e. The van der Waals surface area contributed by atoms with Crippen molar-refractivity contribution in [3.63, 3.8) is 0 Å². The summed E-state index contributed by atoms with van der Waals surface area (Å²) in [5.74, 6) is 2.04.